The zero-order valence-corrected chi connectivity index (χ0v) is 12.5. The Labute approximate surface area is 122 Å². The molecule has 2 aliphatic heterocycles. The van der Waals surface area contributed by atoms with E-state index in [1.807, 2.05) is 17.8 Å². The van der Waals surface area contributed by atoms with Crippen molar-refractivity contribution in [1.82, 2.24) is 5.32 Å². The largest absolute Gasteiger partial charge is 0.381 e. The second-order valence-corrected chi connectivity index (χ2v) is 7.30. The maximum atomic E-state index is 11.7. The molecule has 4 nitrogen and oxygen atoms in total. The molecule has 1 saturated heterocycles. The van der Waals surface area contributed by atoms with Gasteiger partial charge in [0.2, 0.25) is 0 Å². The Morgan fingerprint density at radius 2 is 2.00 bits per heavy atom. The molecule has 1 aromatic carbocycles. The zero-order chi connectivity index (χ0) is 14.3. The van der Waals surface area contributed by atoms with Gasteiger partial charge in [-0.25, -0.2) is 0 Å². The van der Waals surface area contributed by atoms with Crippen LogP contribution >= 0.6 is 11.8 Å². The first-order valence-corrected chi connectivity index (χ1v) is 7.94. The van der Waals surface area contributed by atoms with Gasteiger partial charge in [0.15, 0.2) is 0 Å². The smallest absolute Gasteiger partial charge is 0.259 e. The molecule has 1 aromatic rings. The molecule has 20 heavy (non-hydrogen) atoms. The van der Waals surface area contributed by atoms with Gasteiger partial charge in [0, 0.05) is 17.5 Å². The van der Waals surface area contributed by atoms with E-state index in [4.69, 9.17) is 0 Å². The van der Waals surface area contributed by atoms with Crippen molar-refractivity contribution in [3.63, 3.8) is 0 Å². The van der Waals surface area contributed by atoms with E-state index in [-0.39, 0.29) is 11.8 Å². The van der Waals surface area contributed by atoms with Crippen molar-refractivity contribution in [2.75, 3.05) is 16.8 Å². The summed E-state index contributed by atoms with van der Waals surface area (Å²) < 4.78 is 0. The first-order chi connectivity index (χ1) is 9.44. The van der Waals surface area contributed by atoms with Crippen LogP contribution in [-0.2, 0) is 0 Å². The Balaban J connectivity index is 1.78. The molecule has 2 N–H and O–H groups in total. The topological polar surface area (TPSA) is 58.2 Å². The fraction of sp³-hybridized carbons (Fsp3) is 0.467. The molecule has 0 aliphatic carbocycles. The van der Waals surface area contributed by atoms with Crippen LogP contribution in [0.3, 0.4) is 0 Å². The van der Waals surface area contributed by atoms with Crippen LogP contribution in [0.1, 0.15) is 41.0 Å². The molecule has 0 radical (unpaired) electrons. The van der Waals surface area contributed by atoms with Gasteiger partial charge >= 0.3 is 0 Å². The third kappa shape index (κ3) is 2.54. The Kier molecular flexibility index (Phi) is 3.24. The van der Waals surface area contributed by atoms with Crippen LogP contribution in [0.5, 0.6) is 0 Å². The van der Waals surface area contributed by atoms with Crippen molar-refractivity contribution in [3.05, 3.63) is 29.3 Å². The highest BCUT2D eigenvalue weighted by Crippen LogP contribution is 2.35. The summed E-state index contributed by atoms with van der Waals surface area (Å²) in [6.45, 7) is 4.56. The Morgan fingerprint density at radius 3 is 2.75 bits per heavy atom. The zero-order valence-electron chi connectivity index (χ0n) is 11.7. The number of rotatable bonds is 2. The fourth-order valence-electron chi connectivity index (χ4n) is 2.85. The van der Waals surface area contributed by atoms with Gasteiger partial charge < -0.3 is 5.32 Å². The Hall–Kier alpha value is -1.49. The van der Waals surface area contributed by atoms with Gasteiger partial charge in [0.25, 0.3) is 11.8 Å². The summed E-state index contributed by atoms with van der Waals surface area (Å²) in [5.41, 5.74) is 2.20. The van der Waals surface area contributed by atoms with Crippen molar-refractivity contribution in [2.24, 2.45) is 5.41 Å². The standard InChI is InChI=1S/C15H18N2O2S/c1-15(2)6-10(7-20-8-15)16-9-3-4-11-12(5-9)14(19)17-13(11)18/h3-5,10,16H,6-8H2,1-2H3,(H,17,18,19). The van der Waals surface area contributed by atoms with Crippen LogP contribution in [-0.4, -0.2) is 29.4 Å². The molecule has 1 atom stereocenters. The number of hydrogen-bond acceptors (Lipinski definition) is 4. The van der Waals surface area contributed by atoms with E-state index in [1.54, 1.807) is 12.1 Å². The van der Waals surface area contributed by atoms with Crippen LogP contribution in [0.15, 0.2) is 18.2 Å². The molecule has 3 rings (SSSR count). The molecule has 2 heterocycles. The summed E-state index contributed by atoms with van der Waals surface area (Å²) in [6.07, 6.45) is 1.11. The van der Waals surface area contributed by atoms with Gasteiger partial charge in [-0.15, -0.1) is 0 Å². The molecule has 1 unspecified atom stereocenters. The number of thioether (sulfide) groups is 1. The van der Waals surface area contributed by atoms with Crippen molar-refractivity contribution < 1.29 is 9.59 Å². The van der Waals surface area contributed by atoms with Crippen molar-refractivity contribution >= 4 is 29.3 Å². The highest BCUT2D eigenvalue weighted by molar-refractivity contribution is 7.99. The summed E-state index contributed by atoms with van der Waals surface area (Å²) in [5, 5.41) is 5.81. The van der Waals surface area contributed by atoms with Gasteiger partial charge in [-0.3, -0.25) is 14.9 Å². The van der Waals surface area contributed by atoms with Gasteiger partial charge in [-0.05, 0) is 35.8 Å². The fourth-order valence-corrected chi connectivity index (χ4v) is 4.12. The van der Waals surface area contributed by atoms with E-state index >= 15 is 0 Å². The first kappa shape index (κ1) is 13.5. The lowest BCUT2D eigenvalue weighted by Crippen LogP contribution is -2.35. The molecule has 106 valence electrons. The number of nitrogens with one attached hydrogen (secondary N) is 2. The molecule has 2 aliphatic rings. The van der Waals surface area contributed by atoms with Crippen LogP contribution in [0.2, 0.25) is 0 Å². The summed E-state index contributed by atoms with van der Waals surface area (Å²) in [7, 11) is 0. The minimum Gasteiger partial charge on any atom is -0.381 e. The Bertz CT molecular complexity index is 583. The molecule has 5 heteroatoms. The second-order valence-electron chi connectivity index (χ2n) is 6.27. The lowest BCUT2D eigenvalue weighted by Gasteiger charge is -2.35. The van der Waals surface area contributed by atoms with E-state index in [9.17, 15) is 9.59 Å². The van der Waals surface area contributed by atoms with Gasteiger partial charge in [0.1, 0.15) is 0 Å². The maximum absolute atomic E-state index is 11.7. The molecule has 0 saturated carbocycles. The SMILES string of the molecule is CC1(C)CSCC(Nc2ccc3c(c2)C(=O)NC3=O)C1. The number of benzene rings is 1. The lowest BCUT2D eigenvalue weighted by atomic mass is 9.87. The van der Waals surface area contributed by atoms with E-state index in [0.29, 0.717) is 22.6 Å². The normalized spacial score (nSPS) is 24.2. The molecule has 0 spiro atoms. The first-order valence-electron chi connectivity index (χ1n) is 6.79. The quantitative estimate of drug-likeness (QED) is 0.822. The average Bonchev–Trinajstić information content (AvgIpc) is 2.63. The number of hydrogen-bond donors (Lipinski definition) is 2. The molecule has 0 aromatic heterocycles. The predicted octanol–water partition coefficient (Wildman–Crippen LogP) is 2.51. The van der Waals surface area contributed by atoms with Crippen LogP contribution in [0, 0.1) is 5.41 Å². The predicted molar refractivity (Wildman–Crippen MR) is 81.4 cm³/mol. The number of amides is 2. The van der Waals surface area contributed by atoms with Crippen LogP contribution in [0.25, 0.3) is 0 Å². The highest BCUT2D eigenvalue weighted by atomic mass is 32.2. The Morgan fingerprint density at radius 1 is 1.25 bits per heavy atom. The average molecular weight is 290 g/mol. The summed E-state index contributed by atoms with van der Waals surface area (Å²) >= 11 is 1.96. The number of imide groups is 1. The number of anilines is 1. The van der Waals surface area contributed by atoms with Gasteiger partial charge in [0.05, 0.1) is 11.1 Å². The third-order valence-corrected chi connectivity index (χ3v) is 5.34. The molecule has 0 bridgehead atoms. The molecule has 1 fully saturated rings. The van der Waals surface area contributed by atoms with E-state index in [1.165, 1.54) is 5.75 Å². The number of carbonyl (C=O) groups is 2. The minimum atomic E-state index is -0.300. The lowest BCUT2D eigenvalue weighted by molar-refractivity contribution is 0.0879. The van der Waals surface area contributed by atoms with Crippen molar-refractivity contribution in [1.29, 1.82) is 0 Å². The van der Waals surface area contributed by atoms with Crippen LogP contribution in [0.4, 0.5) is 5.69 Å². The highest BCUT2D eigenvalue weighted by Gasteiger charge is 2.30. The number of fused-ring (bicyclic) bond motifs is 1. The number of carbonyl (C=O) groups excluding carboxylic acids is 2. The van der Waals surface area contributed by atoms with Crippen LogP contribution < -0.4 is 10.6 Å². The minimum absolute atomic E-state index is 0.299. The maximum Gasteiger partial charge on any atom is 0.259 e. The van der Waals surface area contributed by atoms with E-state index in [2.05, 4.69) is 24.5 Å². The summed E-state index contributed by atoms with van der Waals surface area (Å²) in [6, 6.07) is 5.78. The monoisotopic (exact) mass is 290 g/mol. The third-order valence-electron chi connectivity index (χ3n) is 3.72. The summed E-state index contributed by atoms with van der Waals surface area (Å²) in [5.74, 6) is 1.66. The van der Waals surface area contributed by atoms with E-state index in [0.717, 1.165) is 17.9 Å². The molecular weight excluding hydrogens is 272 g/mol. The van der Waals surface area contributed by atoms with Gasteiger partial charge in [-0.2, -0.15) is 11.8 Å². The van der Waals surface area contributed by atoms with Gasteiger partial charge in [-0.1, -0.05) is 13.8 Å². The second kappa shape index (κ2) is 4.81. The summed E-state index contributed by atoms with van der Waals surface area (Å²) in [4.78, 5) is 23.2. The van der Waals surface area contributed by atoms with Crippen molar-refractivity contribution in [2.45, 2.75) is 26.3 Å². The molecular formula is C15H18N2O2S. The van der Waals surface area contributed by atoms with Crippen molar-refractivity contribution in [3.8, 4) is 0 Å². The van der Waals surface area contributed by atoms with E-state index < -0.39 is 0 Å². The molecule has 2 amide bonds.